The van der Waals surface area contributed by atoms with E-state index >= 15 is 0 Å². The lowest BCUT2D eigenvalue weighted by molar-refractivity contribution is -0.373. The maximum atomic E-state index is 12.8. The van der Waals surface area contributed by atoms with Crippen LogP contribution < -0.4 is 0 Å². The predicted octanol–water partition coefficient (Wildman–Crippen LogP) is 3.56. The second kappa shape index (κ2) is 6.17. The highest BCUT2D eigenvalue weighted by molar-refractivity contribution is 5.03. The van der Waals surface area contributed by atoms with Gasteiger partial charge in [-0.15, -0.1) is 0 Å². The third-order valence-electron chi connectivity index (χ3n) is 5.16. The van der Waals surface area contributed by atoms with Crippen LogP contribution in [-0.2, 0) is 4.74 Å². The van der Waals surface area contributed by atoms with Gasteiger partial charge in [0.15, 0.2) is 6.29 Å². The summed E-state index contributed by atoms with van der Waals surface area (Å²) in [6.07, 6.45) is -13.8. The molecule has 2 bridgehead atoms. The van der Waals surface area contributed by atoms with Crippen molar-refractivity contribution in [2.75, 3.05) is 0 Å². The van der Waals surface area contributed by atoms with Gasteiger partial charge >= 0.3 is 12.4 Å². The fourth-order valence-corrected chi connectivity index (χ4v) is 3.81. The number of ether oxygens (including phenoxy) is 1. The first-order valence-corrected chi connectivity index (χ1v) is 7.61. The Labute approximate surface area is 135 Å². The maximum absolute atomic E-state index is 12.8. The average Bonchev–Trinajstić information content (AvgIpc) is 2.95. The highest BCUT2D eigenvalue weighted by Crippen LogP contribution is 2.56. The van der Waals surface area contributed by atoms with Crippen molar-refractivity contribution < 1.29 is 41.3 Å². The molecule has 2 fully saturated rings. The summed E-state index contributed by atoms with van der Waals surface area (Å²) in [5.41, 5.74) is -4.32. The number of hydrogen-bond donors (Lipinski definition) is 2. The van der Waals surface area contributed by atoms with Gasteiger partial charge in [0.05, 0.1) is 6.10 Å². The van der Waals surface area contributed by atoms with Crippen molar-refractivity contribution in [3.05, 3.63) is 12.2 Å². The summed E-state index contributed by atoms with van der Waals surface area (Å²) >= 11 is 0. The van der Waals surface area contributed by atoms with Gasteiger partial charge in [-0.2, -0.15) is 26.3 Å². The van der Waals surface area contributed by atoms with Crippen LogP contribution in [0.3, 0.4) is 0 Å². The van der Waals surface area contributed by atoms with Crippen molar-refractivity contribution in [1.29, 1.82) is 0 Å². The summed E-state index contributed by atoms with van der Waals surface area (Å²) in [5.74, 6) is -1.50. The van der Waals surface area contributed by atoms with Gasteiger partial charge in [-0.05, 0) is 55.9 Å². The molecule has 2 N–H and O–H groups in total. The molecule has 140 valence electrons. The third kappa shape index (κ3) is 3.43. The maximum Gasteiger partial charge on any atom is 0.426 e. The summed E-state index contributed by atoms with van der Waals surface area (Å²) in [6, 6.07) is 0. The van der Waals surface area contributed by atoms with Gasteiger partial charge in [0.2, 0.25) is 0 Å². The number of fused-ring (bicyclic) bond motifs is 2. The van der Waals surface area contributed by atoms with Crippen molar-refractivity contribution in [3.63, 3.8) is 0 Å². The van der Waals surface area contributed by atoms with E-state index in [4.69, 9.17) is 4.74 Å². The van der Waals surface area contributed by atoms with E-state index in [9.17, 15) is 36.6 Å². The molecule has 0 saturated heterocycles. The van der Waals surface area contributed by atoms with Crippen LogP contribution in [0.2, 0.25) is 0 Å². The number of hydrogen-bond acceptors (Lipinski definition) is 3. The van der Waals surface area contributed by atoms with Crippen LogP contribution >= 0.6 is 0 Å². The third-order valence-corrected chi connectivity index (χ3v) is 5.16. The zero-order chi connectivity index (χ0) is 18.5. The second-order valence-corrected chi connectivity index (χ2v) is 6.92. The molecule has 0 aromatic rings. The van der Waals surface area contributed by atoms with E-state index in [0.717, 1.165) is 0 Å². The lowest BCUT2D eigenvalue weighted by Crippen LogP contribution is -2.58. The molecule has 4 unspecified atom stereocenters. The first kappa shape index (κ1) is 19.5. The Hall–Kier alpha value is -0.800. The largest absolute Gasteiger partial charge is 0.426 e. The van der Waals surface area contributed by atoms with Crippen LogP contribution in [0.25, 0.3) is 0 Å². The van der Waals surface area contributed by atoms with E-state index in [1.165, 1.54) is 0 Å². The first-order chi connectivity index (χ1) is 10.8. The minimum absolute atomic E-state index is 0.104. The monoisotopic (exact) mass is 362 g/mol. The molecular weight excluding hydrogens is 342 g/mol. The minimum Gasteiger partial charge on any atom is -0.374 e. The van der Waals surface area contributed by atoms with Crippen LogP contribution in [0, 0.1) is 17.8 Å². The topological polar surface area (TPSA) is 49.7 Å². The van der Waals surface area contributed by atoms with Crippen molar-refractivity contribution >= 4 is 0 Å². The minimum atomic E-state index is -5.78. The molecule has 5 atom stereocenters. The molecule has 0 heterocycles. The van der Waals surface area contributed by atoms with E-state index in [2.05, 4.69) is 6.58 Å². The van der Waals surface area contributed by atoms with E-state index in [-0.39, 0.29) is 18.8 Å². The van der Waals surface area contributed by atoms with Gasteiger partial charge < -0.3 is 14.9 Å². The van der Waals surface area contributed by atoms with Crippen LogP contribution in [-0.4, -0.2) is 40.6 Å². The van der Waals surface area contributed by atoms with Crippen LogP contribution in [0.1, 0.15) is 32.6 Å². The molecule has 0 aromatic heterocycles. The van der Waals surface area contributed by atoms with Crippen LogP contribution in [0.5, 0.6) is 0 Å². The number of aliphatic hydroxyl groups excluding tert-OH is 1. The Balaban J connectivity index is 2.04. The number of rotatable bonds is 5. The van der Waals surface area contributed by atoms with Gasteiger partial charge in [-0.25, -0.2) is 0 Å². The number of aliphatic hydroxyl groups is 2. The van der Waals surface area contributed by atoms with E-state index in [1.807, 2.05) is 0 Å². The summed E-state index contributed by atoms with van der Waals surface area (Å²) in [5, 5.41) is 18.9. The van der Waals surface area contributed by atoms with Gasteiger partial charge in [0.1, 0.15) is 0 Å². The standard InChI is InChI=1S/C15H20F6O3/c1-7(2)12(22)24-11-5-8-3-9(11)4-10(8)6-13(23,14(16,17)18)15(19,20)21/h8-12,22-23H,1,3-6H2,2H3/t8?,9?,10?,11-,12?/m1/s1. The smallest absolute Gasteiger partial charge is 0.374 e. The molecule has 0 amide bonds. The summed E-state index contributed by atoms with van der Waals surface area (Å²) in [4.78, 5) is 0. The highest BCUT2D eigenvalue weighted by atomic mass is 19.4. The van der Waals surface area contributed by atoms with Crippen molar-refractivity contribution in [1.82, 2.24) is 0 Å². The summed E-state index contributed by atoms with van der Waals surface area (Å²) < 4.78 is 82.1. The van der Waals surface area contributed by atoms with Crippen LogP contribution in [0.15, 0.2) is 12.2 Å². The molecule has 2 saturated carbocycles. The normalized spacial score (nSPS) is 32.2. The predicted molar refractivity (Wildman–Crippen MR) is 71.7 cm³/mol. The van der Waals surface area contributed by atoms with Crippen molar-refractivity contribution in [3.8, 4) is 0 Å². The molecule has 0 spiro atoms. The lowest BCUT2D eigenvalue weighted by Gasteiger charge is -2.37. The Morgan fingerprint density at radius 2 is 1.62 bits per heavy atom. The fourth-order valence-electron chi connectivity index (χ4n) is 3.81. The van der Waals surface area contributed by atoms with E-state index < -0.39 is 48.6 Å². The Morgan fingerprint density at radius 3 is 2.00 bits per heavy atom. The van der Waals surface area contributed by atoms with Crippen molar-refractivity contribution in [2.24, 2.45) is 17.8 Å². The van der Waals surface area contributed by atoms with Crippen molar-refractivity contribution in [2.45, 2.75) is 63.0 Å². The number of alkyl halides is 6. The molecule has 0 radical (unpaired) electrons. The molecule has 2 aliphatic carbocycles. The summed E-state index contributed by atoms with van der Waals surface area (Å²) in [7, 11) is 0. The van der Waals surface area contributed by atoms with E-state index in [1.54, 1.807) is 6.92 Å². The molecule has 2 aliphatic rings. The quantitative estimate of drug-likeness (QED) is 0.447. The SMILES string of the molecule is C=C(C)C(O)O[C@@H]1CC2CC1CC2CC(O)(C(F)(F)F)C(F)(F)F. The Bertz CT molecular complexity index is 473. The zero-order valence-electron chi connectivity index (χ0n) is 13.0. The van der Waals surface area contributed by atoms with Crippen LogP contribution in [0.4, 0.5) is 26.3 Å². The molecular formula is C15H20F6O3. The second-order valence-electron chi connectivity index (χ2n) is 6.92. The summed E-state index contributed by atoms with van der Waals surface area (Å²) in [6.45, 7) is 5.07. The first-order valence-electron chi connectivity index (χ1n) is 7.61. The Morgan fingerprint density at radius 1 is 1.08 bits per heavy atom. The molecule has 0 aromatic carbocycles. The molecule has 9 heteroatoms. The fraction of sp³-hybridized carbons (Fsp3) is 0.867. The van der Waals surface area contributed by atoms with Gasteiger partial charge in [-0.1, -0.05) is 6.58 Å². The molecule has 24 heavy (non-hydrogen) atoms. The molecule has 0 aliphatic heterocycles. The highest BCUT2D eigenvalue weighted by Gasteiger charge is 2.71. The zero-order valence-corrected chi connectivity index (χ0v) is 13.0. The molecule has 3 nitrogen and oxygen atoms in total. The lowest BCUT2D eigenvalue weighted by atomic mass is 9.79. The van der Waals surface area contributed by atoms with Gasteiger partial charge in [0, 0.05) is 0 Å². The molecule has 2 rings (SSSR count). The van der Waals surface area contributed by atoms with Gasteiger partial charge in [0.25, 0.3) is 5.60 Å². The number of halogens is 6. The van der Waals surface area contributed by atoms with Gasteiger partial charge in [-0.3, -0.25) is 0 Å². The Kier molecular flexibility index (Phi) is 5.02. The van der Waals surface area contributed by atoms with E-state index in [0.29, 0.717) is 12.0 Å². The average molecular weight is 362 g/mol.